The lowest BCUT2D eigenvalue weighted by Gasteiger charge is -2.33. The maximum atomic E-state index is 12.7. The molecule has 0 aliphatic carbocycles. The molecule has 2 heterocycles. The second kappa shape index (κ2) is 13.0. The van der Waals surface area contributed by atoms with Gasteiger partial charge in [0, 0.05) is 49.7 Å². The number of hydrogen-bond donors (Lipinski definition) is 0. The second-order valence-electron chi connectivity index (χ2n) is 8.02. The minimum absolute atomic E-state index is 0.0425. The Morgan fingerprint density at radius 3 is 2.44 bits per heavy atom. The number of rotatable bonds is 7. The van der Waals surface area contributed by atoms with Crippen molar-refractivity contribution in [2.45, 2.75) is 33.4 Å². The number of carbonyl (C=O) groups is 2. The SMILES string of the molecule is C#CCn1c(=O)oc2cc(C(=O)CCN3CCN(C(=O)OCc4ccc(Cl)cc4)CC3)ccc21.CC. The highest BCUT2D eigenvalue weighted by atomic mass is 35.5. The van der Waals surface area contributed by atoms with Gasteiger partial charge in [-0.15, -0.1) is 6.42 Å². The second-order valence-corrected chi connectivity index (χ2v) is 8.46. The van der Waals surface area contributed by atoms with E-state index in [0.29, 0.717) is 60.8 Å². The predicted molar refractivity (Wildman–Crippen MR) is 139 cm³/mol. The van der Waals surface area contributed by atoms with Crippen molar-refractivity contribution < 1.29 is 18.7 Å². The molecule has 0 saturated carbocycles. The molecule has 0 bridgehead atoms. The first kappa shape index (κ1) is 27.1. The fourth-order valence-corrected chi connectivity index (χ4v) is 3.98. The number of Topliss-reactive ketones (excluding diaryl/α,β-unsaturated/α-hetero) is 1. The first-order chi connectivity index (χ1) is 17.4. The van der Waals surface area contributed by atoms with Gasteiger partial charge in [0.05, 0.1) is 12.1 Å². The highest BCUT2D eigenvalue weighted by Crippen LogP contribution is 2.17. The van der Waals surface area contributed by atoms with Crippen LogP contribution in [0.1, 0.15) is 36.2 Å². The van der Waals surface area contributed by atoms with Crippen LogP contribution in [0.2, 0.25) is 5.02 Å². The van der Waals surface area contributed by atoms with Gasteiger partial charge >= 0.3 is 11.8 Å². The molecular weight excluding hydrogens is 482 g/mol. The zero-order valence-electron chi connectivity index (χ0n) is 20.5. The van der Waals surface area contributed by atoms with Crippen LogP contribution in [-0.4, -0.2) is 59.0 Å². The molecule has 1 saturated heterocycles. The van der Waals surface area contributed by atoms with Crippen LogP contribution in [0.25, 0.3) is 11.1 Å². The molecule has 1 fully saturated rings. The third-order valence-corrected chi connectivity index (χ3v) is 6.05. The Labute approximate surface area is 215 Å². The molecule has 0 spiro atoms. The van der Waals surface area contributed by atoms with Crippen molar-refractivity contribution in [3.8, 4) is 12.3 Å². The summed E-state index contributed by atoms with van der Waals surface area (Å²) in [5, 5.41) is 0.635. The molecule has 4 rings (SSSR count). The first-order valence-electron chi connectivity index (χ1n) is 11.9. The maximum absolute atomic E-state index is 12.7. The van der Waals surface area contributed by atoms with E-state index in [-0.39, 0.29) is 25.0 Å². The molecule has 0 atom stereocenters. The number of halogens is 1. The van der Waals surface area contributed by atoms with Gasteiger partial charge in [-0.1, -0.05) is 43.5 Å². The molecule has 36 heavy (non-hydrogen) atoms. The number of carbonyl (C=O) groups excluding carboxylic acids is 2. The molecular formula is C27H30ClN3O5. The van der Waals surface area contributed by atoms with Gasteiger partial charge in [0.1, 0.15) is 6.61 Å². The summed E-state index contributed by atoms with van der Waals surface area (Å²) in [6.45, 7) is 7.27. The molecule has 9 heteroatoms. The lowest BCUT2D eigenvalue weighted by atomic mass is 10.1. The number of amides is 1. The van der Waals surface area contributed by atoms with Crippen LogP contribution in [0.4, 0.5) is 4.79 Å². The normalized spacial score (nSPS) is 13.6. The first-order valence-corrected chi connectivity index (χ1v) is 12.3. The maximum Gasteiger partial charge on any atom is 0.420 e. The summed E-state index contributed by atoms with van der Waals surface area (Å²) >= 11 is 5.87. The number of nitrogens with zero attached hydrogens (tertiary/aromatic N) is 3. The topological polar surface area (TPSA) is 85.0 Å². The van der Waals surface area contributed by atoms with Gasteiger partial charge in [0.2, 0.25) is 0 Å². The molecule has 1 aliphatic heterocycles. The third-order valence-electron chi connectivity index (χ3n) is 5.80. The van der Waals surface area contributed by atoms with Crippen molar-refractivity contribution in [2.75, 3.05) is 32.7 Å². The van der Waals surface area contributed by atoms with E-state index < -0.39 is 5.76 Å². The molecule has 190 valence electrons. The summed E-state index contributed by atoms with van der Waals surface area (Å²) in [5.74, 6) is 1.83. The number of ether oxygens (including phenoxy) is 1. The van der Waals surface area contributed by atoms with Crippen molar-refractivity contribution in [3.63, 3.8) is 0 Å². The van der Waals surface area contributed by atoms with E-state index in [1.807, 2.05) is 26.0 Å². The lowest BCUT2D eigenvalue weighted by molar-refractivity contribution is 0.0697. The predicted octanol–water partition coefficient (Wildman–Crippen LogP) is 4.43. The number of benzene rings is 2. The minimum atomic E-state index is -0.540. The van der Waals surface area contributed by atoms with Crippen molar-refractivity contribution in [2.24, 2.45) is 0 Å². The van der Waals surface area contributed by atoms with E-state index in [1.165, 1.54) is 4.57 Å². The number of oxazole rings is 1. The lowest BCUT2D eigenvalue weighted by Crippen LogP contribution is -2.49. The molecule has 2 aromatic carbocycles. The molecule has 0 radical (unpaired) electrons. The van der Waals surface area contributed by atoms with Crippen molar-refractivity contribution in [1.82, 2.24) is 14.4 Å². The third kappa shape index (κ3) is 6.78. The quantitative estimate of drug-likeness (QED) is 0.344. The van der Waals surface area contributed by atoms with Gasteiger partial charge in [0.25, 0.3) is 0 Å². The molecule has 0 unspecified atom stereocenters. The van der Waals surface area contributed by atoms with E-state index in [1.54, 1.807) is 35.2 Å². The van der Waals surface area contributed by atoms with Gasteiger partial charge in [-0.05, 0) is 35.9 Å². The van der Waals surface area contributed by atoms with Gasteiger partial charge < -0.3 is 14.1 Å². The van der Waals surface area contributed by atoms with Crippen LogP contribution < -0.4 is 5.76 Å². The largest absolute Gasteiger partial charge is 0.445 e. The molecule has 0 N–H and O–H groups in total. The standard InChI is InChI=1S/C25H24ClN3O5.C2H6/c1-2-10-29-21-8-5-19(16-23(21)34-25(29)32)22(30)9-11-27-12-14-28(15-13-27)24(31)33-17-18-3-6-20(26)7-4-18;1-2/h1,3-8,16H,9-15,17H2;1-2H3. The summed E-state index contributed by atoms with van der Waals surface area (Å²) in [4.78, 5) is 40.7. The smallest absolute Gasteiger partial charge is 0.420 e. The summed E-state index contributed by atoms with van der Waals surface area (Å²) in [5.41, 5.74) is 2.27. The number of piperazine rings is 1. The van der Waals surface area contributed by atoms with E-state index in [0.717, 1.165) is 5.56 Å². The van der Waals surface area contributed by atoms with Crippen LogP contribution in [-0.2, 0) is 17.9 Å². The molecule has 1 aromatic heterocycles. The Balaban J connectivity index is 0.00000176. The average Bonchev–Trinajstić information content (AvgIpc) is 3.22. The number of fused-ring (bicyclic) bond motifs is 1. The van der Waals surface area contributed by atoms with Gasteiger partial charge in [-0.25, -0.2) is 9.59 Å². The highest BCUT2D eigenvalue weighted by molar-refractivity contribution is 6.30. The van der Waals surface area contributed by atoms with Gasteiger partial charge in [-0.2, -0.15) is 0 Å². The Morgan fingerprint density at radius 2 is 1.78 bits per heavy atom. The van der Waals surface area contributed by atoms with Crippen LogP contribution in [0.3, 0.4) is 0 Å². The van der Waals surface area contributed by atoms with Gasteiger partial charge in [-0.3, -0.25) is 14.3 Å². The molecule has 1 aliphatic rings. The van der Waals surface area contributed by atoms with Crippen molar-refractivity contribution >= 4 is 34.6 Å². The number of terminal acetylenes is 1. The van der Waals surface area contributed by atoms with Crippen LogP contribution in [0, 0.1) is 12.3 Å². The zero-order valence-corrected chi connectivity index (χ0v) is 21.3. The average molecular weight is 512 g/mol. The summed E-state index contributed by atoms with van der Waals surface area (Å²) in [6, 6.07) is 12.1. The number of hydrogen-bond acceptors (Lipinski definition) is 6. The van der Waals surface area contributed by atoms with Crippen LogP contribution >= 0.6 is 11.6 Å². The van der Waals surface area contributed by atoms with Crippen molar-refractivity contribution in [3.05, 3.63) is 69.2 Å². The number of ketones is 1. The van der Waals surface area contributed by atoms with E-state index >= 15 is 0 Å². The van der Waals surface area contributed by atoms with E-state index in [2.05, 4.69) is 10.8 Å². The highest BCUT2D eigenvalue weighted by Gasteiger charge is 2.23. The molecule has 1 amide bonds. The summed E-state index contributed by atoms with van der Waals surface area (Å²) < 4.78 is 12.0. The van der Waals surface area contributed by atoms with E-state index in [4.69, 9.17) is 27.2 Å². The fourth-order valence-electron chi connectivity index (χ4n) is 3.86. The summed E-state index contributed by atoms with van der Waals surface area (Å²) in [7, 11) is 0. The van der Waals surface area contributed by atoms with Crippen molar-refractivity contribution in [1.29, 1.82) is 0 Å². The Bertz CT molecular complexity index is 1280. The molecule has 3 aromatic rings. The van der Waals surface area contributed by atoms with Crippen LogP contribution in [0.15, 0.2) is 51.7 Å². The van der Waals surface area contributed by atoms with Crippen LogP contribution in [0.5, 0.6) is 0 Å². The minimum Gasteiger partial charge on any atom is -0.445 e. The fraction of sp³-hybridized carbons (Fsp3) is 0.370. The van der Waals surface area contributed by atoms with Gasteiger partial charge in [0.15, 0.2) is 11.4 Å². The zero-order chi connectivity index (χ0) is 26.1. The Morgan fingerprint density at radius 1 is 1.08 bits per heavy atom. The summed E-state index contributed by atoms with van der Waals surface area (Å²) in [6.07, 6.45) is 5.27. The number of aromatic nitrogens is 1. The Kier molecular flexibility index (Phi) is 9.74. The Hall–Kier alpha value is -3.54. The monoisotopic (exact) mass is 511 g/mol. The molecule has 8 nitrogen and oxygen atoms in total. The van der Waals surface area contributed by atoms with E-state index in [9.17, 15) is 14.4 Å².